The minimum atomic E-state index is -0.0549. The molecule has 0 unspecified atom stereocenters. The summed E-state index contributed by atoms with van der Waals surface area (Å²) >= 11 is 0. The van der Waals surface area contributed by atoms with Gasteiger partial charge in [-0.25, -0.2) is 0 Å². The maximum atomic E-state index is 2.62. The first-order valence-electron chi connectivity index (χ1n) is 23.4. The van der Waals surface area contributed by atoms with Crippen LogP contribution < -0.4 is 4.90 Å². The average molecular weight is 774 g/mol. The zero-order chi connectivity index (χ0) is 39.9. The summed E-state index contributed by atoms with van der Waals surface area (Å²) < 4.78 is 0. The van der Waals surface area contributed by atoms with E-state index in [-0.39, 0.29) is 5.41 Å². The number of hydrogen-bond donors (Lipinski definition) is 0. The van der Waals surface area contributed by atoms with Gasteiger partial charge in [-0.3, -0.25) is 0 Å². The summed E-state index contributed by atoms with van der Waals surface area (Å²) in [6.07, 6.45) is 20.5. The number of fused-ring (bicyclic) bond motifs is 3. The fraction of sp³-hybridized carbons (Fsp3) is 0.379. The molecule has 1 heteroatoms. The summed E-state index contributed by atoms with van der Waals surface area (Å²) in [5, 5.41) is 0. The van der Waals surface area contributed by atoms with Crippen LogP contribution >= 0.6 is 0 Å². The Bertz CT molecular complexity index is 2380. The van der Waals surface area contributed by atoms with Crippen molar-refractivity contribution >= 4 is 17.1 Å². The van der Waals surface area contributed by atoms with Crippen LogP contribution in [0.1, 0.15) is 161 Å². The zero-order valence-electron chi connectivity index (χ0n) is 35.9. The fourth-order valence-electron chi connectivity index (χ4n) is 11.8. The number of anilines is 3. The van der Waals surface area contributed by atoms with E-state index >= 15 is 0 Å². The Kier molecular flexibility index (Phi) is 10.6. The first-order valence-corrected chi connectivity index (χ1v) is 23.4. The summed E-state index contributed by atoms with van der Waals surface area (Å²) in [6, 6.07) is 50.0. The lowest BCUT2D eigenvalue weighted by Crippen LogP contribution is -2.16. The number of benzene rings is 6. The summed E-state index contributed by atoms with van der Waals surface area (Å²) in [6.45, 7) is 7.08. The van der Waals surface area contributed by atoms with Crippen LogP contribution in [0, 0.1) is 6.92 Å². The van der Waals surface area contributed by atoms with Crippen LogP contribution in [0.15, 0.2) is 127 Å². The van der Waals surface area contributed by atoms with E-state index in [1.54, 1.807) is 11.1 Å². The minimum Gasteiger partial charge on any atom is -0.310 e. The van der Waals surface area contributed by atoms with E-state index in [1.165, 1.54) is 169 Å². The quantitative estimate of drug-likeness (QED) is 0.149. The molecule has 0 atom stereocenters. The van der Waals surface area contributed by atoms with Gasteiger partial charge in [-0.15, -0.1) is 0 Å². The molecule has 300 valence electrons. The zero-order valence-corrected chi connectivity index (χ0v) is 35.9. The molecule has 0 bridgehead atoms. The van der Waals surface area contributed by atoms with Crippen molar-refractivity contribution in [3.63, 3.8) is 0 Å². The van der Waals surface area contributed by atoms with Gasteiger partial charge < -0.3 is 4.90 Å². The predicted octanol–water partition coefficient (Wildman–Crippen LogP) is 17.2. The van der Waals surface area contributed by atoms with Gasteiger partial charge in [0.2, 0.25) is 0 Å². The molecule has 0 spiro atoms. The Hall–Kier alpha value is -4.88. The highest BCUT2D eigenvalue weighted by Gasteiger charge is 2.36. The lowest BCUT2D eigenvalue weighted by molar-refractivity contribution is 0.435. The third kappa shape index (κ3) is 7.49. The molecule has 0 heterocycles. The van der Waals surface area contributed by atoms with E-state index < -0.39 is 0 Å². The normalized spacial score (nSPS) is 18.4. The number of nitrogens with zero attached hydrogens (tertiary/aromatic N) is 1. The van der Waals surface area contributed by atoms with Gasteiger partial charge in [-0.2, -0.15) is 0 Å². The molecular weight excluding hydrogens is 711 g/mol. The Balaban J connectivity index is 0.981. The standard InChI is InChI=1S/C58H63N/c1-40-35-46(49-37-47(42-17-9-5-10-18-42)36-48(38-49)43-19-11-6-12-20-43)27-33-53(40)45-25-30-51(31-26-45)59(50-28-23-44(24-29-50)41-15-7-4-8-16-41)52-32-34-55-54-21-13-14-22-56(54)58(2,3)57(55)39-52/h13-14,21-39,41-43H,4-12,15-20H2,1-3H3. The second kappa shape index (κ2) is 16.3. The van der Waals surface area contributed by atoms with Crippen LogP contribution in [0.4, 0.5) is 17.1 Å². The van der Waals surface area contributed by atoms with Crippen molar-refractivity contribution in [3.8, 4) is 33.4 Å². The summed E-state index contributed by atoms with van der Waals surface area (Å²) in [4.78, 5) is 2.48. The van der Waals surface area contributed by atoms with Gasteiger partial charge >= 0.3 is 0 Å². The van der Waals surface area contributed by atoms with Crippen LogP contribution in [0.25, 0.3) is 33.4 Å². The van der Waals surface area contributed by atoms with Crippen molar-refractivity contribution in [2.24, 2.45) is 0 Å². The highest BCUT2D eigenvalue weighted by molar-refractivity contribution is 5.86. The van der Waals surface area contributed by atoms with Crippen LogP contribution in [-0.2, 0) is 5.41 Å². The Morgan fingerprint density at radius 1 is 0.390 bits per heavy atom. The molecule has 0 amide bonds. The largest absolute Gasteiger partial charge is 0.310 e. The molecule has 6 aromatic rings. The van der Waals surface area contributed by atoms with Gasteiger partial charge in [0.1, 0.15) is 0 Å². The highest BCUT2D eigenvalue weighted by atomic mass is 15.1. The van der Waals surface area contributed by atoms with Gasteiger partial charge in [0.05, 0.1) is 0 Å². The summed E-state index contributed by atoms with van der Waals surface area (Å²) in [5.41, 5.74) is 20.5. The SMILES string of the molecule is Cc1cc(-c2cc(C3CCCCC3)cc(C3CCCCC3)c2)ccc1-c1ccc(N(c2ccc(C3CCCCC3)cc2)c2ccc3c(c2)C(C)(C)c2ccccc2-3)cc1. The predicted molar refractivity (Wildman–Crippen MR) is 252 cm³/mol. The van der Waals surface area contributed by atoms with E-state index in [2.05, 4.69) is 153 Å². The first-order chi connectivity index (χ1) is 28.9. The third-order valence-corrected chi connectivity index (χ3v) is 15.2. The highest BCUT2D eigenvalue weighted by Crippen LogP contribution is 2.51. The van der Waals surface area contributed by atoms with Gasteiger partial charge in [-0.1, -0.05) is 163 Å². The van der Waals surface area contributed by atoms with E-state index in [4.69, 9.17) is 0 Å². The van der Waals surface area contributed by atoms with Crippen LogP contribution in [-0.4, -0.2) is 0 Å². The number of rotatable bonds is 8. The monoisotopic (exact) mass is 773 g/mol. The van der Waals surface area contributed by atoms with Gasteiger partial charge in [0.25, 0.3) is 0 Å². The summed E-state index contributed by atoms with van der Waals surface area (Å²) in [5.74, 6) is 2.14. The van der Waals surface area contributed by atoms with Gasteiger partial charge in [-0.05, 0) is 166 Å². The first kappa shape index (κ1) is 38.3. The lowest BCUT2D eigenvalue weighted by Gasteiger charge is -2.29. The molecule has 0 aliphatic heterocycles. The van der Waals surface area contributed by atoms with E-state index in [0.717, 1.165) is 11.8 Å². The molecule has 4 aliphatic carbocycles. The van der Waals surface area contributed by atoms with Crippen molar-refractivity contribution in [2.45, 2.75) is 140 Å². The Morgan fingerprint density at radius 3 is 1.47 bits per heavy atom. The number of aryl methyl sites for hydroxylation is 1. The molecule has 0 N–H and O–H groups in total. The van der Waals surface area contributed by atoms with Crippen molar-refractivity contribution in [3.05, 3.63) is 161 Å². The van der Waals surface area contributed by atoms with Gasteiger partial charge in [0.15, 0.2) is 0 Å². The Morgan fingerprint density at radius 2 is 0.881 bits per heavy atom. The topological polar surface area (TPSA) is 3.24 Å². The minimum absolute atomic E-state index is 0.0549. The summed E-state index contributed by atoms with van der Waals surface area (Å²) in [7, 11) is 0. The van der Waals surface area contributed by atoms with Gasteiger partial charge in [0, 0.05) is 22.5 Å². The van der Waals surface area contributed by atoms with Crippen LogP contribution in [0.2, 0.25) is 0 Å². The third-order valence-electron chi connectivity index (χ3n) is 15.2. The molecule has 1 nitrogen and oxygen atoms in total. The molecule has 59 heavy (non-hydrogen) atoms. The Labute approximate surface area is 354 Å². The van der Waals surface area contributed by atoms with E-state index in [0.29, 0.717) is 5.92 Å². The molecule has 0 saturated heterocycles. The lowest BCUT2D eigenvalue weighted by atomic mass is 9.78. The van der Waals surface area contributed by atoms with Crippen molar-refractivity contribution < 1.29 is 0 Å². The molecule has 0 aromatic heterocycles. The smallest absolute Gasteiger partial charge is 0.0465 e. The molecule has 0 radical (unpaired) electrons. The van der Waals surface area contributed by atoms with E-state index in [1.807, 2.05) is 0 Å². The second-order valence-electron chi connectivity index (χ2n) is 19.3. The fourth-order valence-corrected chi connectivity index (χ4v) is 11.8. The molecular formula is C58H63N. The molecule has 6 aromatic carbocycles. The number of hydrogen-bond acceptors (Lipinski definition) is 1. The second-order valence-corrected chi connectivity index (χ2v) is 19.3. The van der Waals surface area contributed by atoms with Crippen molar-refractivity contribution in [2.75, 3.05) is 4.90 Å². The molecule has 4 aliphatic rings. The average Bonchev–Trinajstić information content (AvgIpc) is 3.53. The van der Waals surface area contributed by atoms with Crippen molar-refractivity contribution in [1.82, 2.24) is 0 Å². The molecule has 3 fully saturated rings. The maximum Gasteiger partial charge on any atom is 0.0465 e. The maximum absolute atomic E-state index is 2.62. The molecule has 10 rings (SSSR count). The van der Waals surface area contributed by atoms with E-state index in [9.17, 15) is 0 Å². The van der Waals surface area contributed by atoms with Crippen LogP contribution in [0.3, 0.4) is 0 Å². The molecule has 3 saturated carbocycles. The van der Waals surface area contributed by atoms with Crippen molar-refractivity contribution in [1.29, 1.82) is 0 Å². The van der Waals surface area contributed by atoms with Crippen LogP contribution in [0.5, 0.6) is 0 Å².